The lowest BCUT2D eigenvalue weighted by atomic mass is 10.1. The lowest BCUT2D eigenvalue weighted by Crippen LogP contribution is -2.38. The molecule has 0 fully saturated rings. The third-order valence-electron chi connectivity index (χ3n) is 5.68. The molecule has 4 heterocycles. The van der Waals surface area contributed by atoms with E-state index in [0.717, 1.165) is 10.6 Å². The van der Waals surface area contributed by atoms with E-state index in [1.165, 1.54) is 5.01 Å². The van der Waals surface area contributed by atoms with Crippen molar-refractivity contribution in [2.45, 2.75) is 25.9 Å². The van der Waals surface area contributed by atoms with Crippen LogP contribution in [0.25, 0.3) is 10.9 Å². The van der Waals surface area contributed by atoms with Crippen molar-refractivity contribution in [3.8, 4) is 0 Å². The second-order valence-corrected chi connectivity index (χ2v) is 8.78. The van der Waals surface area contributed by atoms with Crippen molar-refractivity contribution < 1.29 is 9.21 Å². The molecule has 1 N–H and O–H groups in total. The third-order valence-corrected chi connectivity index (χ3v) is 6.60. The van der Waals surface area contributed by atoms with Crippen molar-refractivity contribution in [3.63, 3.8) is 0 Å². The summed E-state index contributed by atoms with van der Waals surface area (Å²) < 4.78 is 5.62. The number of carbonyl (C=O) groups excluding carboxylic acids is 1. The van der Waals surface area contributed by atoms with Gasteiger partial charge in [0.15, 0.2) is 0 Å². The van der Waals surface area contributed by atoms with Crippen LogP contribution >= 0.6 is 11.3 Å². The first kappa shape index (κ1) is 21.3. The highest BCUT2D eigenvalue weighted by molar-refractivity contribution is 7.12. The van der Waals surface area contributed by atoms with Crippen LogP contribution < -0.4 is 5.56 Å². The van der Waals surface area contributed by atoms with Gasteiger partial charge >= 0.3 is 0 Å². The van der Waals surface area contributed by atoms with Gasteiger partial charge in [-0.1, -0.05) is 25.1 Å². The summed E-state index contributed by atoms with van der Waals surface area (Å²) in [5, 5.41) is 8.75. The zero-order valence-corrected chi connectivity index (χ0v) is 18.9. The van der Waals surface area contributed by atoms with Crippen LogP contribution in [0.1, 0.15) is 35.8 Å². The molecule has 0 radical (unpaired) electrons. The van der Waals surface area contributed by atoms with Crippen LogP contribution in [0.4, 0.5) is 0 Å². The minimum atomic E-state index is -0.276. The maximum Gasteiger partial charge on any atom is 0.258 e. The number of carbonyl (C=O) groups is 1. The molecule has 8 nitrogen and oxygen atoms in total. The summed E-state index contributed by atoms with van der Waals surface area (Å²) in [5.41, 5.74) is 1.34. The first-order chi connectivity index (χ1) is 16.1. The number of nitrogens with one attached hydrogen (secondary N) is 1. The van der Waals surface area contributed by atoms with E-state index in [1.807, 2.05) is 59.7 Å². The molecule has 0 saturated heterocycles. The number of thiophene rings is 1. The number of aromatic nitrogens is 2. The van der Waals surface area contributed by atoms with Gasteiger partial charge in [-0.15, -0.1) is 11.3 Å². The molecule has 1 unspecified atom stereocenters. The molecule has 4 aromatic rings. The molecule has 1 aliphatic heterocycles. The Morgan fingerprint density at radius 3 is 2.88 bits per heavy atom. The predicted octanol–water partition coefficient (Wildman–Crippen LogP) is 3.78. The Labute approximate surface area is 194 Å². The zero-order valence-electron chi connectivity index (χ0n) is 18.1. The fourth-order valence-corrected chi connectivity index (χ4v) is 4.72. The average molecular weight is 462 g/mol. The SMILES string of the molecule is CCN(CC(=O)N1N=C(c2cccs2)CC1c1ccco1)Cc1nc2ccccc2c(=O)[nH]1. The average Bonchev–Trinajstić information content (AvgIpc) is 3.59. The molecule has 0 spiro atoms. The second-order valence-electron chi connectivity index (χ2n) is 7.83. The first-order valence-corrected chi connectivity index (χ1v) is 11.7. The highest BCUT2D eigenvalue weighted by atomic mass is 32.1. The van der Waals surface area contributed by atoms with E-state index >= 15 is 0 Å². The van der Waals surface area contributed by atoms with Gasteiger partial charge in [-0.3, -0.25) is 14.5 Å². The van der Waals surface area contributed by atoms with Gasteiger partial charge in [0.25, 0.3) is 11.5 Å². The van der Waals surface area contributed by atoms with Crippen LogP contribution in [0.2, 0.25) is 0 Å². The van der Waals surface area contributed by atoms with Gasteiger partial charge in [-0.2, -0.15) is 5.10 Å². The van der Waals surface area contributed by atoms with Crippen molar-refractivity contribution >= 4 is 33.9 Å². The molecule has 9 heteroatoms. The Hall–Kier alpha value is -3.56. The van der Waals surface area contributed by atoms with E-state index in [0.29, 0.717) is 42.0 Å². The van der Waals surface area contributed by atoms with Gasteiger partial charge in [-0.05, 0) is 42.3 Å². The Morgan fingerprint density at radius 2 is 2.12 bits per heavy atom. The smallest absolute Gasteiger partial charge is 0.258 e. The lowest BCUT2D eigenvalue weighted by molar-refractivity contribution is -0.134. The van der Waals surface area contributed by atoms with Crippen LogP contribution in [-0.2, 0) is 11.3 Å². The molecule has 1 atom stereocenters. The van der Waals surface area contributed by atoms with Gasteiger partial charge < -0.3 is 9.40 Å². The molecular weight excluding hydrogens is 438 g/mol. The van der Waals surface area contributed by atoms with E-state index in [9.17, 15) is 9.59 Å². The fourth-order valence-electron chi connectivity index (χ4n) is 4.00. The summed E-state index contributed by atoms with van der Waals surface area (Å²) in [6.07, 6.45) is 2.21. The van der Waals surface area contributed by atoms with E-state index in [1.54, 1.807) is 23.7 Å². The number of para-hydroxylation sites is 1. The first-order valence-electron chi connectivity index (χ1n) is 10.8. The zero-order chi connectivity index (χ0) is 22.8. The molecule has 168 valence electrons. The van der Waals surface area contributed by atoms with Crippen molar-refractivity contribution in [2.75, 3.05) is 13.1 Å². The Morgan fingerprint density at radius 1 is 1.24 bits per heavy atom. The number of benzene rings is 1. The molecule has 0 saturated carbocycles. The summed E-state index contributed by atoms with van der Waals surface area (Å²) in [6.45, 7) is 3.08. The van der Waals surface area contributed by atoms with Gasteiger partial charge in [0.1, 0.15) is 17.6 Å². The number of aromatic amines is 1. The van der Waals surface area contributed by atoms with Crippen LogP contribution in [0.15, 0.2) is 74.5 Å². The van der Waals surface area contributed by atoms with Gasteiger partial charge in [0.05, 0.1) is 40.8 Å². The van der Waals surface area contributed by atoms with Crippen molar-refractivity contribution in [2.24, 2.45) is 5.10 Å². The number of hydrogen-bond donors (Lipinski definition) is 1. The molecule has 0 aliphatic carbocycles. The van der Waals surface area contributed by atoms with Gasteiger partial charge in [0.2, 0.25) is 0 Å². The number of furan rings is 1. The minimum absolute atomic E-state index is 0.132. The molecule has 1 amide bonds. The van der Waals surface area contributed by atoms with E-state index in [-0.39, 0.29) is 24.1 Å². The number of likely N-dealkylation sites (N-methyl/N-ethyl adjacent to an activating group) is 1. The van der Waals surface area contributed by atoms with E-state index < -0.39 is 0 Å². The van der Waals surface area contributed by atoms with Crippen molar-refractivity contribution in [3.05, 3.63) is 87.0 Å². The lowest BCUT2D eigenvalue weighted by Gasteiger charge is -2.24. The van der Waals surface area contributed by atoms with Crippen LogP contribution in [0, 0.1) is 0 Å². The Balaban J connectivity index is 1.36. The number of nitrogens with zero attached hydrogens (tertiary/aromatic N) is 4. The van der Waals surface area contributed by atoms with Crippen LogP contribution in [-0.4, -0.2) is 44.6 Å². The summed E-state index contributed by atoms with van der Waals surface area (Å²) in [7, 11) is 0. The summed E-state index contributed by atoms with van der Waals surface area (Å²) in [6, 6.07) is 14.6. The van der Waals surface area contributed by atoms with E-state index in [2.05, 4.69) is 15.1 Å². The number of rotatable bonds is 7. The standard InChI is InChI=1S/C24H23N5O3S/c1-2-28(14-22-25-17-8-4-3-7-16(17)24(31)26-22)15-23(30)29-19(20-9-5-11-32-20)13-18(27-29)21-10-6-12-33-21/h3-12,19H,2,13-15H2,1H3,(H,25,26,31). The third kappa shape index (κ3) is 4.37. The topological polar surface area (TPSA) is 94.8 Å². The number of fused-ring (bicyclic) bond motifs is 1. The van der Waals surface area contributed by atoms with Crippen molar-refractivity contribution in [1.29, 1.82) is 0 Å². The highest BCUT2D eigenvalue weighted by Gasteiger charge is 2.35. The van der Waals surface area contributed by atoms with Crippen LogP contribution in [0.5, 0.6) is 0 Å². The molecule has 1 aromatic carbocycles. The summed E-state index contributed by atoms with van der Waals surface area (Å²) in [4.78, 5) is 36.2. The van der Waals surface area contributed by atoms with Gasteiger partial charge in [0, 0.05) is 6.42 Å². The summed E-state index contributed by atoms with van der Waals surface area (Å²) in [5.74, 6) is 1.11. The number of amides is 1. The molecule has 3 aromatic heterocycles. The number of H-pyrrole nitrogens is 1. The molecule has 1 aliphatic rings. The normalized spacial score (nSPS) is 16.0. The summed E-state index contributed by atoms with van der Waals surface area (Å²) >= 11 is 1.60. The second kappa shape index (κ2) is 9.13. The minimum Gasteiger partial charge on any atom is -0.467 e. The van der Waals surface area contributed by atoms with E-state index in [4.69, 9.17) is 4.42 Å². The predicted molar refractivity (Wildman–Crippen MR) is 127 cm³/mol. The molecular formula is C24H23N5O3S. The molecule has 33 heavy (non-hydrogen) atoms. The van der Waals surface area contributed by atoms with Crippen molar-refractivity contribution in [1.82, 2.24) is 19.9 Å². The molecule has 0 bridgehead atoms. The van der Waals surface area contributed by atoms with Gasteiger partial charge in [-0.25, -0.2) is 9.99 Å². The highest BCUT2D eigenvalue weighted by Crippen LogP contribution is 2.34. The quantitative estimate of drug-likeness (QED) is 0.452. The number of hydrogen-bond acceptors (Lipinski definition) is 7. The molecule has 5 rings (SSSR count). The maximum absolute atomic E-state index is 13.4. The Kier molecular flexibility index (Phi) is 5.89. The number of hydrazone groups is 1. The monoisotopic (exact) mass is 461 g/mol. The maximum atomic E-state index is 13.4. The van der Waals surface area contributed by atoms with Crippen LogP contribution in [0.3, 0.4) is 0 Å². The largest absolute Gasteiger partial charge is 0.467 e. The Bertz CT molecular complexity index is 1340. The fraction of sp³-hybridized carbons (Fsp3) is 0.250.